The zero-order valence-electron chi connectivity index (χ0n) is 19.5. The molecule has 0 amide bonds. The third kappa shape index (κ3) is 9.63. The molecule has 0 aliphatic carbocycles. The number of sulfonamides is 1. The van der Waals surface area contributed by atoms with E-state index in [1.807, 2.05) is 46.9 Å². The van der Waals surface area contributed by atoms with Gasteiger partial charge in [-0.3, -0.25) is 0 Å². The van der Waals surface area contributed by atoms with Crippen molar-refractivity contribution in [3.63, 3.8) is 0 Å². The maximum Gasteiger partial charge on any atom is 0.241 e. The van der Waals surface area contributed by atoms with Crippen molar-refractivity contribution in [2.24, 2.45) is 10.9 Å². The fourth-order valence-corrected chi connectivity index (χ4v) is 5.15. The molecule has 1 aliphatic heterocycles. The van der Waals surface area contributed by atoms with Crippen molar-refractivity contribution in [1.82, 2.24) is 14.9 Å². The van der Waals surface area contributed by atoms with Crippen LogP contribution in [-0.4, -0.2) is 58.2 Å². The fraction of sp³-hybridized carbons (Fsp3) is 0.682. The van der Waals surface area contributed by atoms with Gasteiger partial charge in [0.25, 0.3) is 0 Å². The first-order valence-corrected chi connectivity index (χ1v) is 12.3. The molecule has 0 bridgehead atoms. The van der Waals surface area contributed by atoms with Crippen LogP contribution in [0.1, 0.15) is 52.5 Å². The van der Waals surface area contributed by atoms with Crippen LogP contribution in [0.5, 0.6) is 0 Å². The summed E-state index contributed by atoms with van der Waals surface area (Å²) >= 11 is 0. The second-order valence-electron chi connectivity index (χ2n) is 8.90. The molecule has 0 atom stereocenters. The third-order valence-electron chi connectivity index (χ3n) is 5.01. The molecular weight excluding hydrogens is 527 g/mol. The van der Waals surface area contributed by atoms with Crippen LogP contribution >= 0.6 is 24.0 Å². The molecule has 1 aliphatic rings. The first kappa shape index (κ1) is 28.1. The molecule has 7 nitrogen and oxygen atoms in total. The molecule has 9 heteroatoms. The highest BCUT2D eigenvalue weighted by atomic mass is 127. The van der Waals surface area contributed by atoms with E-state index in [0.717, 1.165) is 51.5 Å². The zero-order valence-corrected chi connectivity index (χ0v) is 22.6. The number of aliphatic imine (C=N–C) groups is 1. The summed E-state index contributed by atoms with van der Waals surface area (Å²) in [5.74, 6) is 1.49. The van der Waals surface area contributed by atoms with E-state index >= 15 is 0 Å². The second kappa shape index (κ2) is 13.0. The molecule has 178 valence electrons. The first-order valence-electron chi connectivity index (χ1n) is 10.8. The van der Waals surface area contributed by atoms with Gasteiger partial charge in [0.2, 0.25) is 10.0 Å². The number of guanidine groups is 1. The number of nitrogens with zero attached hydrogens (tertiary/aromatic N) is 2. The van der Waals surface area contributed by atoms with Crippen molar-refractivity contribution in [3.8, 4) is 0 Å². The highest BCUT2D eigenvalue weighted by Gasteiger charge is 2.24. The number of nitrogens with one attached hydrogen (secondary N) is 2. The molecule has 0 saturated carbocycles. The van der Waals surface area contributed by atoms with Gasteiger partial charge in [0.15, 0.2) is 5.96 Å². The van der Waals surface area contributed by atoms with Gasteiger partial charge in [-0.05, 0) is 64.5 Å². The van der Waals surface area contributed by atoms with Crippen LogP contribution in [0.4, 0.5) is 0 Å². The Kier molecular flexibility index (Phi) is 11.8. The lowest BCUT2D eigenvalue weighted by molar-refractivity contribution is 0.0625. The Morgan fingerprint density at radius 1 is 1.23 bits per heavy atom. The minimum atomic E-state index is -3.62. The summed E-state index contributed by atoms with van der Waals surface area (Å²) in [7, 11) is -1.59. The Hall–Kier alpha value is -0.910. The summed E-state index contributed by atoms with van der Waals surface area (Å²) in [4.78, 5) is 7.14. The molecule has 0 unspecified atom stereocenters. The van der Waals surface area contributed by atoms with Gasteiger partial charge in [0, 0.05) is 38.9 Å². The van der Waals surface area contributed by atoms with Gasteiger partial charge in [-0.25, -0.2) is 18.1 Å². The molecule has 0 aromatic heterocycles. The first-order chi connectivity index (χ1) is 14.1. The molecule has 2 rings (SSSR count). The SMILES string of the molecule is CCNC(=NCc1ccccc1S(=O)(=O)NC(C)(C)C)N(C)CCC1CCOCC1.I. The molecule has 1 saturated heterocycles. The summed E-state index contributed by atoms with van der Waals surface area (Å²) in [6.07, 6.45) is 3.34. The molecule has 31 heavy (non-hydrogen) atoms. The Morgan fingerprint density at radius 2 is 1.87 bits per heavy atom. The topological polar surface area (TPSA) is 83.0 Å². The van der Waals surface area contributed by atoms with Gasteiger partial charge in [0.05, 0.1) is 11.4 Å². The number of ether oxygens (including phenoxy) is 1. The summed E-state index contributed by atoms with van der Waals surface area (Å²) in [5, 5.41) is 3.32. The number of benzene rings is 1. The third-order valence-corrected chi connectivity index (χ3v) is 6.87. The molecule has 1 aromatic rings. The summed E-state index contributed by atoms with van der Waals surface area (Å²) in [6, 6.07) is 7.06. The van der Waals surface area contributed by atoms with Crippen LogP contribution in [0.25, 0.3) is 0 Å². The smallest absolute Gasteiger partial charge is 0.241 e. The average Bonchev–Trinajstić information content (AvgIpc) is 2.68. The van der Waals surface area contributed by atoms with Crippen molar-refractivity contribution >= 4 is 40.0 Å². The Morgan fingerprint density at radius 3 is 2.48 bits per heavy atom. The van der Waals surface area contributed by atoms with Crippen LogP contribution in [0.2, 0.25) is 0 Å². The predicted molar refractivity (Wildman–Crippen MR) is 138 cm³/mol. The lowest BCUT2D eigenvalue weighted by Crippen LogP contribution is -2.41. The van der Waals surface area contributed by atoms with E-state index in [2.05, 4.69) is 14.9 Å². The highest BCUT2D eigenvalue weighted by molar-refractivity contribution is 14.0. The molecule has 0 spiro atoms. The minimum absolute atomic E-state index is 0. The van der Waals surface area contributed by atoms with Crippen LogP contribution in [0, 0.1) is 5.92 Å². The van der Waals surface area contributed by atoms with Crippen molar-refractivity contribution in [2.75, 3.05) is 33.4 Å². The molecule has 1 aromatic carbocycles. The van der Waals surface area contributed by atoms with E-state index in [0.29, 0.717) is 18.0 Å². The maximum absolute atomic E-state index is 12.9. The van der Waals surface area contributed by atoms with Gasteiger partial charge >= 0.3 is 0 Å². The average molecular weight is 567 g/mol. The van der Waals surface area contributed by atoms with Crippen molar-refractivity contribution < 1.29 is 13.2 Å². The Bertz CT molecular complexity index is 803. The van der Waals surface area contributed by atoms with E-state index in [-0.39, 0.29) is 28.9 Å². The minimum Gasteiger partial charge on any atom is -0.381 e. The van der Waals surface area contributed by atoms with E-state index in [4.69, 9.17) is 9.73 Å². The van der Waals surface area contributed by atoms with E-state index < -0.39 is 15.6 Å². The molecule has 0 radical (unpaired) electrons. The lowest BCUT2D eigenvalue weighted by atomic mass is 9.96. The van der Waals surface area contributed by atoms with E-state index in [9.17, 15) is 8.42 Å². The monoisotopic (exact) mass is 566 g/mol. The molecule has 1 heterocycles. The summed E-state index contributed by atoms with van der Waals surface area (Å²) < 4.78 is 33.9. The van der Waals surface area contributed by atoms with Crippen LogP contribution in [0.3, 0.4) is 0 Å². The lowest BCUT2D eigenvalue weighted by Gasteiger charge is -2.27. The zero-order chi connectivity index (χ0) is 22.2. The van der Waals surface area contributed by atoms with Gasteiger partial charge in [0.1, 0.15) is 0 Å². The van der Waals surface area contributed by atoms with E-state index in [1.165, 1.54) is 0 Å². The van der Waals surface area contributed by atoms with Crippen LogP contribution in [-0.2, 0) is 21.3 Å². The van der Waals surface area contributed by atoms with Gasteiger partial charge in [-0.15, -0.1) is 24.0 Å². The maximum atomic E-state index is 12.9. The normalized spacial score (nSPS) is 16.0. The quantitative estimate of drug-likeness (QED) is 0.286. The van der Waals surface area contributed by atoms with Gasteiger partial charge in [-0.2, -0.15) is 0 Å². The number of hydrogen-bond acceptors (Lipinski definition) is 4. The Balaban J connectivity index is 0.00000480. The molecular formula is C22H39IN4O3S. The highest BCUT2D eigenvalue weighted by Crippen LogP contribution is 2.20. The van der Waals surface area contributed by atoms with Crippen molar-refractivity contribution in [2.45, 2.75) is 63.9 Å². The predicted octanol–water partition coefficient (Wildman–Crippen LogP) is 3.60. The number of hydrogen-bond donors (Lipinski definition) is 2. The summed E-state index contributed by atoms with van der Waals surface area (Å²) in [5.41, 5.74) is 0.136. The molecule has 2 N–H and O–H groups in total. The molecule has 1 fully saturated rings. The van der Waals surface area contributed by atoms with E-state index in [1.54, 1.807) is 12.1 Å². The number of halogens is 1. The fourth-order valence-electron chi connectivity index (χ4n) is 3.50. The van der Waals surface area contributed by atoms with Crippen molar-refractivity contribution in [1.29, 1.82) is 0 Å². The van der Waals surface area contributed by atoms with Crippen LogP contribution in [0.15, 0.2) is 34.2 Å². The second-order valence-corrected chi connectivity index (χ2v) is 10.6. The van der Waals surface area contributed by atoms with Gasteiger partial charge in [-0.1, -0.05) is 18.2 Å². The largest absolute Gasteiger partial charge is 0.381 e. The standard InChI is InChI=1S/C22H38N4O3S.HI/c1-6-23-21(26(5)14-11-18-12-15-29-16-13-18)24-17-19-9-7-8-10-20(19)30(27,28)25-22(2,3)4;/h7-10,18,25H,6,11-17H2,1-5H3,(H,23,24);1H. The van der Waals surface area contributed by atoms with Crippen molar-refractivity contribution in [3.05, 3.63) is 29.8 Å². The van der Waals surface area contributed by atoms with Gasteiger partial charge < -0.3 is 15.0 Å². The van der Waals surface area contributed by atoms with Crippen LogP contribution < -0.4 is 10.0 Å². The number of rotatable bonds is 8. The Labute approximate surface area is 205 Å². The summed E-state index contributed by atoms with van der Waals surface area (Å²) in [6.45, 7) is 11.2.